The van der Waals surface area contributed by atoms with Gasteiger partial charge in [-0.2, -0.15) is 0 Å². The molecule has 0 aliphatic carbocycles. The Kier molecular flexibility index (Phi) is 12.3. The Bertz CT molecular complexity index is 4230. The van der Waals surface area contributed by atoms with Crippen molar-refractivity contribution in [2.45, 2.75) is 6.92 Å². The van der Waals surface area contributed by atoms with E-state index in [0.29, 0.717) is 0 Å². The SMILES string of the molecule is C=Cc1c(/C=C\C)c2cc(N(c3ccc(-c4ccccc4)cc3)c3ccc(-c4ccc(N(c5ccc(-c6ccccc6)cc5)c5ccc6c(c5)c5ccccc5n6-c5ccccc5)cc4)cc3)ccc2n1-c1ccccc1. The molecule has 0 unspecified atom stereocenters. The van der Waals surface area contributed by atoms with E-state index >= 15 is 0 Å². The van der Waals surface area contributed by atoms with Gasteiger partial charge in [-0.1, -0.05) is 183 Å². The maximum absolute atomic E-state index is 4.29. The van der Waals surface area contributed by atoms with Crippen LogP contribution in [0.3, 0.4) is 0 Å². The molecule has 11 aromatic carbocycles. The molecule has 2 aromatic heterocycles. The average Bonchev–Trinajstić information content (AvgIpc) is 4.15. The fourth-order valence-electron chi connectivity index (χ4n) is 11.2. The molecular formula is C73H54N4. The van der Waals surface area contributed by atoms with Crippen molar-refractivity contribution in [1.29, 1.82) is 0 Å². The van der Waals surface area contributed by atoms with Crippen LogP contribution in [0.5, 0.6) is 0 Å². The minimum absolute atomic E-state index is 1.06. The lowest BCUT2D eigenvalue weighted by Crippen LogP contribution is -2.10. The number of para-hydroxylation sites is 3. The number of rotatable bonds is 13. The van der Waals surface area contributed by atoms with E-state index in [1.165, 1.54) is 44.1 Å². The van der Waals surface area contributed by atoms with Gasteiger partial charge in [-0.3, -0.25) is 0 Å². The molecule has 0 saturated heterocycles. The van der Waals surface area contributed by atoms with Crippen LogP contribution in [-0.4, -0.2) is 9.13 Å². The van der Waals surface area contributed by atoms with Gasteiger partial charge in [-0.25, -0.2) is 0 Å². The number of benzene rings is 11. The fraction of sp³-hybridized carbons (Fsp3) is 0.0137. The van der Waals surface area contributed by atoms with Crippen LogP contribution in [0.15, 0.2) is 292 Å². The van der Waals surface area contributed by atoms with Crippen molar-refractivity contribution in [2.75, 3.05) is 9.80 Å². The second-order valence-corrected chi connectivity index (χ2v) is 19.4. The van der Waals surface area contributed by atoms with Gasteiger partial charge in [0.25, 0.3) is 0 Å². The molecule has 13 aromatic rings. The zero-order valence-electron chi connectivity index (χ0n) is 42.8. The van der Waals surface area contributed by atoms with E-state index in [1.54, 1.807) is 0 Å². The van der Waals surface area contributed by atoms with E-state index in [4.69, 9.17) is 0 Å². The molecule has 4 heteroatoms. The third-order valence-corrected chi connectivity index (χ3v) is 14.8. The van der Waals surface area contributed by atoms with Gasteiger partial charge >= 0.3 is 0 Å². The Morgan fingerprint density at radius 3 is 1.08 bits per heavy atom. The monoisotopic (exact) mass is 986 g/mol. The summed E-state index contributed by atoms with van der Waals surface area (Å²) in [5.41, 5.74) is 21.4. The molecule has 0 aliphatic rings. The highest BCUT2D eigenvalue weighted by Crippen LogP contribution is 2.43. The number of hydrogen-bond donors (Lipinski definition) is 0. The summed E-state index contributed by atoms with van der Waals surface area (Å²) in [5, 5.41) is 3.58. The summed E-state index contributed by atoms with van der Waals surface area (Å²) in [6, 6.07) is 101. The minimum atomic E-state index is 1.06. The first-order valence-electron chi connectivity index (χ1n) is 26.3. The lowest BCUT2D eigenvalue weighted by molar-refractivity contribution is 1.11. The highest BCUT2D eigenvalue weighted by molar-refractivity contribution is 6.11. The van der Waals surface area contributed by atoms with Crippen molar-refractivity contribution >= 4 is 79.0 Å². The molecule has 0 amide bonds. The van der Waals surface area contributed by atoms with Crippen LogP contribution in [0.4, 0.5) is 34.1 Å². The van der Waals surface area contributed by atoms with Gasteiger partial charge in [0.15, 0.2) is 0 Å². The van der Waals surface area contributed by atoms with Gasteiger partial charge in [0, 0.05) is 67.2 Å². The number of allylic oxidation sites excluding steroid dienone is 1. The third-order valence-electron chi connectivity index (χ3n) is 14.8. The lowest BCUT2D eigenvalue weighted by atomic mass is 10.0. The molecule has 77 heavy (non-hydrogen) atoms. The molecular weight excluding hydrogens is 933 g/mol. The average molecular weight is 987 g/mol. The van der Waals surface area contributed by atoms with Crippen LogP contribution in [0.25, 0.3) is 89.6 Å². The van der Waals surface area contributed by atoms with E-state index in [2.05, 4.69) is 324 Å². The number of nitrogens with zero attached hydrogens (tertiary/aromatic N) is 4. The van der Waals surface area contributed by atoms with E-state index in [1.807, 2.05) is 6.08 Å². The molecule has 0 fully saturated rings. The minimum Gasteiger partial charge on any atom is -0.310 e. The number of hydrogen-bond acceptors (Lipinski definition) is 2. The summed E-state index contributed by atoms with van der Waals surface area (Å²) in [5.74, 6) is 0. The molecule has 0 spiro atoms. The molecule has 0 radical (unpaired) electrons. The van der Waals surface area contributed by atoms with Gasteiger partial charge in [0.05, 0.1) is 22.2 Å². The van der Waals surface area contributed by atoms with Crippen LogP contribution < -0.4 is 9.80 Å². The van der Waals surface area contributed by atoms with Crippen LogP contribution in [0, 0.1) is 0 Å². The van der Waals surface area contributed by atoms with Crippen LogP contribution in [0.2, 0.25) is 0 Å². The van der Waals surface area contributed by atoms with Crippen LogP contribution >= 0.6 is 0 Å². The normalized spacial score (nSPS) is 11.4. The van der Waals surface area contributed by atoms with Gasteiger partial charge in [0.1, 0.15) is 0 Å². The molecule has 0 bridgehead atoms. The third kappa shape index (κ3) is 8.68. The van der Waals surface area contributed by atoms with E-state index in [-0.39, 0.29) is 0 Å². The summed E-state index contributed by atoms with van der Waals surface area (Å²) in [7, 11) is 0. The molecule has 0 saturated carbocycles. The molecule has 13 rings (SSSR count). The first-order chi connectivity index (χ1) is 38.1. The van der Waals surface area contributed by atoms with Gasteiger partial charge in [-0.05, 0) is 162 Å². The smallest absolute Gasteiger partial charge is 0.0542 e. The van der Waals surface area contributed by atoms with E-state index < -0.39 is 0 Å². The predicted octanol–water partition coefficient (Wildman–Crippen LogP) is 20.3. The predicted molar refractivity (Wildman–Crippen MR) is 328 cm³/mol. The summed E-state index contributed by atoms with van der Waals surface area (Å²) >= 11 is 0. The summed E-state index contributed by atoms with van der Waals surface area (Å²) in [6.45, 7) is 6.36. The van der Waals surface area contributed by atoms with Gasteiger partial charge < -0.3 is 18.9 Å². The van der Waals surface area contributed by atoms with Crippen molar-refractivity contribution in [1.82, 2.24) is 9.13 Å². The molecule has 0 N–H and O–H groups in total. The molecule has 366 valence electrons. The summed E-state index contributed by atoms with van der Waals surface area (Å²) < 4.78 is 4.68. The molecule has 0 atom stereocenters. The maximum atomic E-state index is 4.29. The second kappa shape index (κ2) is 20.3. The quantitative estimate of drug-likeness (QED) is 0.114. The highest BCUT2D eigenvalue weighted by atomic mass is 15.1. The zero-order chi connectivity index (χ0) is 51.7. The van der Waals surface area contributed by atoms with Gasteiger partial charge in [-0.15, -0.1) is 0 Å². The Balaban J connectivity index is 0.885. The zero-order valence-corrected chi connectivity index (χ0v) is 42.8. The Hall–Kier alpha value is -10.2. The van der Waals surface area contributed by atoms with Crippen molar-refractivity contribution in [2.24, 2.45) is 0 Å². The largest absolute Gasteiger partial charge is 0.310 e. The Labute approximate surface area is 450 Å². The van der Waals surface area contributed by atoms with Gasteiger partial charge in [0.2, 0.25) is 0 Å². The first kappa shape index (κ1) is 46.6. The summed E-state index contributed by atoms with van der Waals surface area (Å²) in [6.07, 6.45) is 6.29. The van der Waals surface area contributed by atoms with Crippen molar-refractivity contribution in [3.63, 3.8) is 0 Å². The number of anilines is 6. The van der Waals surface area contributed by atoms with Crippen LogP contribution in [-0.2, 0) is 0 Å². The Morgan fingerprint density at radius 2 is 0.649 bits per heavy atom. The van der Waals surface area contributed by atoms with Crippen molar-refractivity contribution in [3.05, 3.63) is 303 Å². The van der Waals surface area contributed by atoms with Crippen LogP contribution in [0.1, 0.15) is 18.2 Å². The van der Waals surface area contributed by atoms with E-state index in [0.717, 1.165) is 78.8 Å². The Morgan fingerprint density at radius 1 is 0.312 bits per heavy atom. The highest BCUT2D eigenvalue weighted by Gasteiger charge is 2.21. The van der Waals surface area contributed by atoms with Crippen molar-refractivity contribution in [3.8, 4) is 44.8 Å². The standard InChI is InChI=1S/C73H54N4/c1-3-19-66-68-50-64(46-48-72(68)76(70(66)4-2)58-24-13-7-14-25-58)74(60-38-30-54(31-39-60)52-20-9-5-10-21-52)62-42-34-56(35-43-62)57-36-44-63(45-37-57)75(61-40-32-55(33-41-61)53-22-11-6-12-23-53)65-47-49-73-69(51-65)67-28-17-18-29-71(67)77(73)59-26-15-8-16-27-59/h3-51H,2H2,1H3/b19-3-. The molecule has 0 aliphatic heterocycles. The summed E-state index contributed by atoms with van der Waals surface area (Å²) in [4.78, 5) is 4.74. The first-order valence-corrected chi connectivity index (χ1v) is 26.3. The van der Waals surface area contributed by atoms with Crippen molar-refractivity contribution < 1.29 is 0 Å². The maximum Gasteiger partial charge on any atom is 0.0542 e. The molecule has 2 heterocycles. The molecule has 4 nitrogen and oxygen atoms in total. The van der Waals surface area contributed by atoms with E-state index in [9.17, 15) is 0 Å². The lowest BCUT2D eigenvalue weighted by Gasteiger charge is -2.27. The number of fused-ring (bicyclic) bond motifs is 4. The fourth-order valence-corrected chi connectivity index (χ4v) is 11.2. The second-order valence-electron chi connectivity index (χ2n) is 19.4. The topological polar surface area (TPSA) is 16.3 Å². The number of aromatic nitrogens is 2.